The number of aryl methyl sites for hydroxylation is 1. The SMILES string of the molecule is CCc1cc(C(=O)NCCO)cc(Cl)n1. The van der Waals surface area contributed by atoms with E-state index in [-0.39, 0.29) is 19.1 Å². The van der Waals surface area contributed by atoms with Crippen LogP contribution in [-0.4, -0.2) is 29.1 Å². The number of nitrogens with one attached hydrogen (secondary N) is 1. The molecule has 0 radical (unpaired) electrons. The molecule has 0 aliphatic rings. The van der Waals surface area contributed by atoms with E-state index in [1.165, 1.54) is 6.07 Å². The molecule has 0 atom stereocenters. The zero-order valence-electron chi connectivity index (χ0n) is 8.46. The van der Waals surface area contributed by atoms with Crippen LogP contribution in [0.15, 0.2) is 12.1 Å². The number of hydrogen-bond donors (Lipinski definition) is 2. The van der Waals surface area contributed by atoms with Crippen molar-refractivity contribution in [3.8, 4) is 0 Å². The van der Waals surface area contributed by atoms with Gasteiger partial charge in [-0.1, -0.05) is 18.5 Å². The number of amides is 1. The van der Waals surface area contributed by atoms with Crippen LogP contribution >= 0.6 is 11.6 Å². The highest BCUT2D eigenvalue weighted by Gasteiger charge is 2.07. The fourth-order valence-electron chi connectivity index (χ4n) is 1.13. The van der Waals surface area contributed by atoms with Crippen molar-refractivity contribution in [1.82, 2.24) is 10.3 Å². The first-order valence-corrected chi connectivity index (χ1v) is 5.10. The van der Waals surface area contributed by atoms with Crippen LogP contribution in [0, 0.1) is 0 Å². The first kappa shape index (κ1) is 11.9. The maximum Gasteiger partial charge on any atom is 0.251 e. The quantitative estimate of drug-likeness (QED) is 0.757. The molecule has 1 aromatic rings. The lowest BCUT2D eigenvalue weighted by molar-refractivity contribution is 0.0944. The Hall–Kier alpha value is -1.13. The number of aliphatic hydroxyl groups is 1. The maximum absolute atomic E-state index is 11.5. The lowest BCUT2D eigenvalue weighted by Crippen LogP contribution is -2.26. The predicted molar refractivity (Wildman–Crippen MR) is 58.0 cm³/mol. The van der Waals surface area contributed by atoms with Crippen molar-refractivity contribution in [2.45, 2.75) is 13.3 Å². The van der Waals surface area contributed by atoms with Crippen LogP contribution in [0.4, 0.5) is 0 Å². The molecule has 0 saturated carbocycles. The highest BCUT2D eigenvalue weighted by molar-refractivity contribution is 6.29. The second kappa shape index (κ2) is 5.68. The van der Waals surface area contributed by atoms with E-state index in [2.05, 4.69) is 10.3 Å². The number of carbonyl (C=O) groups excluding carboxylic acids is 1. The van der Waals surface area contributed by atoms with Gasteiger partial charge in [0.1, 0.15) is 5.15 Å². The summed E-state index contributed by atoms with van der Waals surface area (Å²) in [5.74, 6) is -0.247. The highest BCUT2D eigenvalue weighted by Crippen LogP contribution is 2.11. The molecule has 0 aliphatic carbocycles. The van der Waals surface area contributed by atoms with E-state index in [1.807, 2.05) is 6.92 Å². The Morgan fingerprint density at radius 3 is 2.93 bits per heavy atom. The summed E-state index contributed by atoms with van der Waals surface area (Å²) in [6.07, 6.45) is 0.723. The molecular formula is C10H13ClN2O2. The lowest BCUT2D eigenvalue weighted by atomic mass is 10.2. The van der Waals surface area contributed by atoms with Crippen LogP contribution < -0.4 is 5.32 Å². The molecule has 1 heterocycles. The van der Waals surface area contributed by atoms with Gasteiger partial charge in [0, 0.05) is 17.8 Å². The van der Waals surface area contributed by atoms with Crippen LogP contribution in [0.3, 0.4) is 0 Å². The first-order chi connectivity index (χ1) is 7.17. The van der Waals surface area contributed by atoms with E-state index in [0.29, 0.717) is 10.7 Å². The Labute approximate surface area is 93.3 Å². The Morgan fingerprint density at radius 2 is 2.33 bits per heavy atom. The summed E-state index contributed by atoms with van der Waals surface area (Å²) in [5, 5.41) is 11.4. The fourth-order valence-corrected chi connectivity index (χ4v) is 1.36. The summed E-state index contributed by atoms with van der Waals surface area (Å²) in [7, 11) is 0. The van der Waals surface area contributed by atoms with Crippen molar-refractivity contribution in [2.24, 2.45) is 0 Å². The van der Waals surface area contributed by atoms with Crippen molar-refractivity contribution >= 4 is 17.5 Å². The van der Waals surface area contributed by atoms with E-state index >= 15 is 0 Å². The van der Waals surface area contributed by atoms with Crippen LogP contribution in [-0.2, 0) is 6.42 Å². The van der Waals surface area contributed by atoms with Crippen molar-refractivity contribution in [3.63, 3.8) is 0 Å². The molecule has 1 amide bonds. The van der Waals surface area contributed by atoms with Gasteiger partial charge in [-0.2, -0.15) is 0 Å². The Kier molecular flexibility index (Phi) is 4.52. The molecule has 0 spiro atoms. The lowest BCUT2D eigenvalue weighted by Gasteiger charge is -2.05. The Bertz CT molecular complexity index is 355. The summed E-state index contributed by atoms with van der Waals surface area (Å²) in [5.41, 5.74) is 1.25. The molecule has 1 rings (SSSR count). The molecule has 0 unspecified atom stereocenters. The van der Waals surface area contributed by atoms with E-state index < -0.39 is 0 Å². The minimum Gasteiger partial charge on any atom is -0.395 e. The monoisotopic (exact) mass is 228 g/mol. The highest BCUT2D eigenvalue weighted by atomic mass is 35.5. The number of hydrogen-bond acceptors (Lipinski definition) is 3. The minimum absolute atomic E-state index is 0.0782. The summed E-state index contributed by atoms with van der Waals surface area (Å²) in [6, 6.07) is 3.20. The number of halogens is 1. The van der Waals surface area contributed by atoms with Gasteiger partial charge in [-0.3, -0.25) is 4.79 Å². The molecule has 2 N–H and O–H groups in total. The third-order valence-electron chi connectivity index (χ3n) is 1.87. The van der Waals surface area contributed by atoms with Gasteiger partial charge in [-0.25, -0.2) is 4.98 Å². The van der Waals surface area contributed by atoms with Gasteiger partial charge < -0.3 is 10.4 Å². The van der Waals surface area contributed by atoms with Crippen molar-refractivity contribution in [1.29, 1.82) is 0 Å². The number of aromatic nitrogens is 1. The number of pyridine rings is 1. The molecule has 0 aromatic carbocycles. The molecule has 5 heteroatoms. The van der Waals surface area contributed by atoms with Crippen molar-refractivity contribution in [3.05, 3.63) is 28.5 Å². The average molecular weight is 229 g/mol. The van der Waals surface area contributed by atoms with E-state index in [1.54, 1.807) is 6.07 Å². The van der Waals surface area contributed by atoms with Crippen LogP contribution in [0.5, 0.6) is 0 Å². The minimum atomic E-state index is -0.247. The van der Waals surface area contributed by atoms with E-state index in [4.69, 9.17) is 16.7 Å². The van der Waals surface area contributed by atoms with Gasteiger partial charge >= 0.3 is 0 Å². The van der Waals surface area contributed by atoms with Gasteiger partial charge in [-0.05, 0) is 18.6 Å². The van der Waals surface area contributed by atoms with E-state index in [0.717, 1.165) is 12.1 Å². The number of carbonyl (C=O) groups is 1. The summed E-state index contributed by atoms with van der Waals surface area (Å²) in [4.78, 5) is 15.6. The predicted octanol–water partition coefficient (Wildman–Crippen LogP) is 1.02. The third-order valence-corrected chi connectivity index (χ3v) is 2.06. The normalized spacial score (nSPS) is 10.1. The molecule has 0 bridgehead atoms. The largest absolute Gasteiger partial charge is 0.395 e. The zero-order chi connectivity index (χ0) is 11.3. The van der Waals surface area contributed by atoms with Crippen LogP contribution in [0.1, 0.15) is 23.0 Å². The Balaban J connectivity index is 2.83. The topological polar surface area (TPSA) is 62.2 Å². The number of nitrogens with zero attached hydrogens (tertiary/aromatic N) is 1. The van der Waals surface area contributed by atoms with Gasteiger partial charge in [0.25, 0.3) is 5.91 Å². The van der Waals surface area contributed by atoms with Gasteiger partial charge in [-0.15, -0.1) is 0 Å². The van der Waals surface area contributed by atoms with Gasteiger partial charge in [0.15, 0.2) is 0 Å². The zero-order valence-corrected chi connectivity index (χ0v) is 9.21. The molecule has 4 nitrogen and oxygen atoms in total. The standard InChI is InChI=1S/C10H13ClN2O2/c1-2-8-5-7(6-9(11)13-8)10(15)12-3-4-14/h5-6,14H,2-4H2,1H3,(H,12,15). The summed E-state index contributed by atoms with van der Waals surface area (Å²) >= 11 is 5.77. The summed E-state index contributed by atoms with van der Waals surface area (Å²) in [6.45, 7) is 2.10. The first-order valence-electron chi connectivity index (χ1n) is 4.73. The number of rotatable bonds is 4. The molecule has 0 fully saturated rings. The van der Waals surface area contributed by atoms with Gasteiger partial charge in [0.05, 0.1) is 6.61 Å². The second-order valence-electron chi connectivity index (χ2n) is 3.00. The van der Waals surface area contributed by atoms with Crippen LogP contribution in [0.25, 0.3) is 0 Å². The number of aliphatic hydroxyl groups excluding tert-OH is 1. The molecule has 82 valence electrons. The van der Waals surface area contributed by atoms with Crippen LogP contribution in [0.2, 0.25) is 5.15 Å². The molecule has 0 saturated heterocycles. The smallest absolute Gasteiger partial charge is 0.251 e. The molecule has 15 heavy (non-hydrogen) atoms. The average Bonchev–Trinajstić information content (AvgIpc) is 2.24. The molecular weight excluding hydrogens is 216 g/mol. The maximum atomic E-state index is 11.5. The van der Waals surface area contributed by atoms with Crippen molar-refractivity contribution in [2.75, 3.05) is 13.2 Å². The van der Waals surface area contributed by atoms with Crippen molar-refractivity contribution < 1.29 is 9.90 Å². The second-order valence-corrected chi connectivity index (χ2v) is 3.39. The Morgan fingerprint density at radius 1 is 1.60 bits per heavy atom. The summed E-state index contributed by atoms with van der Waals surface area (Å²) < 4.78 is 0. The molecule has 1 aromatic heterocycles. The van der Waals surface area contributed by atoms with Gasteiger partial charge in [0.2, 0.25) is 0 Å². The molecule has 0 aliphatic heterocycles. The van der Waals surface area contributed by atoms with E-state index in [9.17, 15) is 4.79 Å². The third kappa shape index (κ3) is 3.49. The fraction of sp³-hybridized carbons (Fsp3) is 0.400.